The highest BCUT2D eigenvalue weighted by atomic mass is 32.2. The van der Waals surface area contributed by atoms with Gasteiger partial charge < -0.3 is 15.3 Å². The first-order valence-electron chi connectivity index (χ1n) is 9.94. The van der Waals surface area contributed by atoms with Crippen LogP contribution in [-0.2, 0) is 16.6 Å². The number of aryl methyl sites for hydroxylation is 1. The van der Waals surface area contributed by atoms with Crippen molar-refractivity contribution in [2.45, 2.75) is 39.0 Å². The van der Waals surface area contributed by atoms with Crippen LogP contribution < -0.4 is 14.9 Å². The van der Waals surface area contributed by atoms with Gasteiger partial charge in [-0.1, -0.05) is 30.3 Å². The average molecular weight is 439 g/mol. The molecule has 0 spiro atoms. The lowest BCUT2D eigenvalue weighted by molar-refractivity contribution is 0.162. The van der Waals surface area contributed by atoms with Crippen LogP contribution in [0.4, 0.5) is 5.13 Å². The Hall–Kier alpha value is -1.52. The molecular weight excluding hydrogens is 408 g/mol. The minimum Gasteiger partial charge on any atom is -0.372 e. The Morgan fingerprint density at radius 3 is 2.66 bits per heavy atom. The van der Waals surface area contributed by atoms with E-state index in [9.17, 15) is 13.5 Å². The van der Waals surface area contributed by atoms with Crippen LogP contribution in [0.3, 0.4) is 0 Å². The summed E-state index contributed by atoms with van der Waals surface area (Å²) in [4.78, 5) is 7.66. The number of nitrogens with one attached hydrogen (secondary N) is 2. The molecule has 1 atom stereocenters. The smallest absolute Gasteiger partial charge is 0.211 e. The molecule has 1 aliphatic rings. The van der Waals surface area contributed by atoms with Crippen molar-refractivity contribution in [2.24, 2.45) is 5.92 Å². The fourth-order valence-corrected chi connectivity index (χ4v) is 5.08. The first kappa shape index (κ1) is 22.2. The highest BCUT2D eigenvalue weighted by Gasteiger charge is 2.23. The molecule has 2 heterocycles. The third-order valence-electron chi connectivity index (χ3n) is 5.16. The van der Waals surface area contributed by atoms with Crippen LogP contribution in [0.5, 0.6) is 0 Å². The van der Waals surface area contributed by atoms with Crippen molar-refractivity contribution in [3.63, 3.8) is 0 Å². The van der Waals surface area contributed by atoms with E-state index in [1.54, 1.807) is 0 Å². The van der Waals surface area contributed by atoms with Gasteiger partial charge in [0.05, 0.1) is 6.26 Å². The van der Waals surface area contributed by atoms with Gasteiger partial charge in [-0.3, -0.25) is 0 Å². The van der Waals surface area contributed by atoms with E-state index in [0.717, 1.165) is 48.9 Å². The van der Waals surface area contributed by atoms with Crippen molar-refractivity contribution in [2.75, 3.05) is 30.8 Å². The molecule has 1 unspecified atom stereocenters. The van der Waals surface area contributed by atoms with E-state index in [1.807, 2.05) is 25.1 Å². The summed E-state index contributed by atoms with van der Waals surface area (Å²) in [6.45, 7) is 5.62. The Kier molecular flexibility index (Phi) is 7.64. The van der Waals surface area contributed by atoms with Crippen molar-refractivity contribution in [3.05, 3.63) is 46.5 Å². The summed E-state index contributed by atoms with van der Waals surface area (Å²) in [5.74, 6) is 0.701. The molecule has 0 aliphatic carbocycles. The maximum absolute atomic E-state index is 11.5. The molecule has 29 heavy (non-hydrogen) atoms. The maximum atomic E-state index is 11.5. The van der Waals surface area contributed by atoms with E-state index in [4.69, 9.17) is 0 Å². The van der Waals surface area contributed by atoms with Crippen molar-refractivity contribution >= 4 is 26.5 Å². The van der Waals surface area contributed by atoms with E-state index in [1.165, 1.54) is 29.7 Å². The van der Waals surface area contributed by atoms with Crippen LogP contribution in [0.15, 0.2) is 30.3 Å². The molecule has 1 aromatic heterocycles. The zero-order chi connectivity index (χ0) is 20.9. The highest BCUT2D eigenvalue weighted by Crippen LogP contribution is 2.31. The minimum atomic E-state index is -3.53. The second-order valence-corrected chi connectivity index (χ2v) is 10.6. The molecule has 3 rings (SSSR count). The molecule has 160 valence electrons. The Bertz CT molecular complexity index is 880. The van der Waals surface area contributed by atoms with Crippen molar-refractivity contribution in [1.82, 2.24) is 15.0 Å². The molecule has 1 aliphatic heterocycles. The number of thiazole rings is 1. The largest absolute Gasteiger partial charge is 0.372 e. The van der Waals surface area contributed by atoms with Gasteiger partial charge in [0.1, 0.15) is 5.69 Å². The Morgan fingerprint density at radius 1 is 1.31 bits per heavy atom. The fraction of sp³-hybridized carbons (Fsp3) is 0.550. The highest BCUT2D eigenvalue weighted by molar-refractivity contribution is 7.88. The molecule has 3 N–H and O–H groups in total. The normalized spacial score (nSPS) is 16.7. The van der Waals surface area contributed by atoms with Crippen LogP contribution in [-0.4, -0.2) is 44.4 Å². The first-order valence-corrected chi connectivity index (χ1v) is 12.6. The predicted octanol–water partition coefficient (Wildman–Crippen LogP) is 2.39. The Balaban J connectivity index is 1.78. The molecule has 0 bridgehead atoms. The van der Waals surface area contributed by atoms with Crippen molar-refractivity contribution < 1.29 is 13.5 Å². The molecule has 2 aromatic rings. The second kappa shape index (κ2) is 9.99. The van der Waals surface area contributed by atoms with Gasteiger partial charge in [-0.25, -0.2) is 13.4 Å². The molecule has 1 saturated heterocycles. The van der Waals surface area contributed by atoms with Crippen LogP contribution in [0.1, 0.15) is 41.6 Å². The van der Waals surface area contributed by atoms with Crippen molar-refractivity contribution in [3.8, 4) is 0 Å². The van der Waals surface area contributed by atoms with Crippen molar-refractivity contribution in [1.29, 1.82) is 0 Å². The molecule has 7 nitrogen and oxygen atoms in total. The van der Waals surface area contributed by atoms with E-state index in [2.05, 4.69) is 32.1 Å². The van der Waals surface area contributed by atoms with Crippen LogP contribution >= 0.6 is 11.3 Å². The Labute approximate surface area is 177 Å². The number of nitrogens with zero attached hydrogens (tertiary/aromatic N) is 2. The third kappa shape index (κ3) is 6.75. The van der Waals surface area contributed by atoms with E-state index in [-0.39, 0.29) is 0 Å². The minimum absolute atomic E-state index is 0.371. The number of hydrogen-bond acceptors (Lipinski definition) is 7. The lowest BCUT2D eigenvalue weighted by atomic mass is 9.94. The average Bonchev–Trinajstić information content (AvgIpc) is 3.07. The number of anilines is 1. The summed E-state index contributed by atoms with van der Waals surface area (Å²) in [5.41, 5.74) is 1.57. The number of aliphatic hydroxyl groups is 1. The summed E-state index contributed by atoms with van der Waals surface area (Å²) in [7, 11) is -3.53. The Morgan fingerprint density at radius 2 is 2.00 bits per heavy atom. The molecule has 1 fully saturated rings. The number of sulfonamides is 1. The number of aliphatic hydroxyl groups excluding tert-OH is 1. The van der Waals surface area contributed by atoms with Gasteiger partial charge >= 0.3 is 0 Å². The number of aromatic nitrogens is 1. The zero-order valence-electron chi connectivity index (χ0n) is 17.0. The molecule has 0 radical (unpaired) electrons. The maximum Gasteiger partial charge on any atom is 0.211 e. The van der Waals surface area contributed by atoms with Crippen LogP contribution in [0, 0.1) is 12.8 Å². The summed E-state index contributed by atoms with van der Waals surface area (Å²) in [6, 6.07) is 10.2. The summed E-state index contributed by atoms with van der Waals surface area (Å²) >= 11 is 1.49. The van der Waals surface area contributed by atoms with Crippen LogP contribution in [0.25, 0.3) is 0 Å². The third-order valence-corrected chi connectivity index (χ3v) is 6.86. The summed E-state index contributed by atoms with van der Waals surface area (Å²) in [6.07, 6.45) is 3.17. The number of hydrogen-bond donors (Lipinski definition) is 3. The quantitative estimate of drug-likeness (QED) is 0.521. The summed E-state index contributed by atoms with van der Waals surface area (Å²) in [5, 5.41) is 14.5. The standard InChI is InChI=1S/C20H30N4O3S2/c1-15-18(19(25)23-29(2,26)27)22-20(28-15)24(14-17-6-4-3-5-7-17)13-10-16-8-11-21-12-9-16/h3-7,16,19,21,23,25H,8-14H2,1-2H3. The number of rotatable bonds is 9. The van der Waals surface area contributed by atoms with Gasteiger partial charge in [-0.15, -0.1) is 11.3 Å². The molecule has 9 heteroatoms. The topological polar surface area (TPSA) is 94.6 Å². The molecule has 1 aromatic carbocycles. The van der Waals surface area contributed by atoms with Crippen LogP contribution in [0.2, 0.25) is 0 Å². The number of piperidine rings is 1. The molecule has 0 amide bonds. The van der Waals surface area contributed by atoms with E-state index >= 15 is 0 Å². The molecule has 0 saturated carbocycles. The van der Waals surface area contributed by atoms with Gasteiger partial charge in [0.25, 0.3) is 0 Å². The lowest BCUT2D eigenvalue weighted by Gasteiger charge is -2.27. The summed E-state index contributed by atoms with van der Waals surface area (Å²) < 4.78 is 25.2. The van der Waals surface area contributed by atoms with Gasteiger partial charge in [-0.2, -0.15) is 4.72 Å². The van der Waals surface area contributed by atoms with Gasteiger partial charge in [-0.05, 0) is 50.8 Å². The SMILES string of the molecule is Cc1sc(N(CCC2CCNCC2)Cc2ccccc2)nc1C(O)NS(C)(=O)=O. The van der Waals surface area contributed by atoms with E-state index < -0.39 is 16.3 Å². The monoisotopic (exact) mass is 438 g/mol. The second-order valence-electron chi connectivity index (χ2n) is 7.62. The lowest BCUT2D eigenvalue weighted by Crippen LogP contribution is -2.31. The fourth-order valence-electron chi connectivity index (χ4n) is 3.60. The first-order chi connectivity index (χ1) is 13.8. The predicted molar refractivity (Wildman–Crippen MR) is 117 cm³/mol. The van der Waals surface area contributed by atoms with E-state index in [0.29, 0.717) is 11.6 Å². The number of benzene rings is 1. The molecular formula is C20H30N4O3S2. The van der Waals surface area contributed by atoms with Gasteiger partial charge in [0.15, 0.2) is 11.4 Å². The van der Waals surface area contributed by atoms with Gasteiger partial charge in [0, 0.05) is 18.0 Å². The van der Waals surface area contributed by atoms with Gasteiger partial charge in [0.2, 0.25) is 10.0 Å². The zero-order valence-corrected chi connectivity index (χ0v) is 18.6.